The van der Waals surface area contributed by atoms with Crippen molar-refractivity contribution in [1.29, 1.82) is 0 Å². The summed E-state index contributed by atoms with van der Waals surface area (Å²) in [6.07, 6.45) is 0. The van der Waals surface area contributed by atoms with Crippen LogP contribution in [0.5, 0.6) is 17.2 Å². The zero-order chi connectivity index (χ0) is 17.9. The van der Waals surface area contributed by atoms with E-state index < -0.39 is 0 Å². The first kappa shape index (κ1) is 16.4. The van der Waals surface area contributed by atoms with E-state index in [9.17, 15) is 4.79 Å². The molecule has 1 aromatic heterocycles. The number of fused-ring (bicyclic) bond motifs is 1. The van der Waals surface area contributed by atoms with Gasteiger partial charge in [-0.2, -0.15) is 0 Å². The highest BCUT2D eigenvalue weighted by Crippen LogP contribution is 2.31. The minimum absolute atomic E-state index is 0.242. The number of rotatable bonds is 4. The summed E-state index contributed by atoms with van der Waals surface area (Å²) in [6, 6.07) is 12.8. The second kappa shape index (κ2) is 7.05. The number of anilines is 1. The van der Waals surface area contributed by atoms with E-state index in [1.807, 2.05) is 29.6 Å². The number of aromatic nitrogens is 1. The highest BCUT2D eigenvalue weighted by Gasteiger charge is 2.16. The predicted molar refractivity (Wildman–Crippen MR) is 99.5 cm³/mol. The summed E-state index contributed by atoms with van der Waals surface area (Å²) in [6.45, 7) is 0.999. The second-order valence-corrected chi connectivity index (χ2v) is 6.44. The Morgan fingerprint density at radius 1 is 1.15 bits per heavy atom. The third-order valence-electron chi connectivity index (χ3n) is 3.89. The Kier molecular flexibility index (Phi) is 4.45. The Bertz CT molecular complexity index is 954. The Balaban J connectivity index is 1.51. The molecule has 1 N–H and O–H groups in total. The molecule has 0 atom stereocenters. The van der Waals surface area contributed by atoms with E-state index >= 15 is 0 Å². The highest BCUT2D eigenvalue weighted by molar-refractivity contribution is 7.14. The van der Waals surface area contributed by atoms with Crippen LogP contribution in [-0.4, -0.2) is 31.2 Å². The van der Waals surface area contributed by atoms with E-state index in [0.717, 1.165) is 17.0 Å². The summed E-state index contributed by atoms with van der Waals surface area (Å²) >= 11 is 1.37. The lowest BCUT2D eigenvalue weighted by atomic mass is 10.1. The molecule has 2 aromatic carbocycles. The van der Waals surface area contributed by atoms with Crippen molar-refractivity contribution in [2.75, 3.05) is 25.6 Å². The van der Waals surface area contributed by atoms with Gasteiger partial charge in [-0.3, -0.25) is 10.1 Å². The number of carbonyl (C=O) groups excluding carboxylic acids is 1. The van der Waals surface area contributed by atoms with Gasteiger partial charge in [0, 0.05) is 16.5 Å². The van der Waals surface area contributed by atoms with Gasteiger partial charge in [0.05, 0.1) is 12.8 Å². The van der Waals surface area contributed by atoms with E-state index in [1.165, 1.54) is 11.3 Å². The lowest BCUT2D eigenvalue weighted by Gasteiger charge is -2.18. The van der Waals surface area contributed by atoms with Crippen molar-refractivity contribution in [2.45, 2.75) is 0 Å². The zero-order valence-corrected chi connectivity index (χ0v) is 14.8. The van der Waals surface area contributed by atoms with Crippen LogP contribution in [0.3, 0.4) is 0 Å². The van der Waals surface area contributed by atoms with Crippen LogP contribution < -0.4 is 19.5 Å². The number of hydrogen-bond donors (Lipinski definition) is 1. The van der Waals surface area contributed by atoms with Gasteiger partial charge in [-0.25, -0.2) is 4.98 Å². The van der Waals surface area contributed by atoms with Gasteiger partial charge in [0.15, 0.2) is 16.6 Å². The highest BCUT2D eigenvalue weighted by atomic mass is 32.1. The third-order valence-corrected chi connectivity index (χ3v) is 4.65. The number of ether oxygens (including phenoxy) is 3. The summed E-state index contributed by atoms with van der Waals surface area (Å²) in [5.41, 5.74) is 2.21. The molecule has 1 amide bonds. The van der Waals surface area contributed by atoms with Gasteiger partial charge in [0.1, 0.15) is 19.0 Å². The summed E-state index contributed by atoms with van der Waals surface area (Å²) < 4.78 is 16.2. The molecule has 4 rings (SSSR count). The largest absolute Gasteiger partial charge is 0.497 e. The summed E-state index contributed by atoms with van der Waals surface area (Å²) in [7, 11) is 1.62. The maximum Gasteiger partial charge on any atom is 0.257 e. The molecule has 26 heavy (non-hydrogen) atoms. The fraction of sp³-hybridized carbons (Fsp3) is 0.158. The molecule has 0 saturated heterocycles. The van der Waals surface area contributed by atoms with Gasteiger partial charge in [-0.15, -0.1) is 11.3 Å². The summed E-state index contributed by atoms with van der Waals surface area (Å²) in [5.74, 6) is 1.76. The van der Waals surface area contributed by atoms with E-state index in [1.54, 1.807) is 25.3 Å². The van der Waals surface area contributed by atoms with Gasteiger partial charge in [0.25, 0.3) is 5.91 Å². The van der Waals surface area contributed by atoms with Gasteiger partial charge < -0.3 is 14.2 Å². The van der Waals surface area contributed by atoms with Crippen molar-refractivity contribution in [3.8, 4) is 28.5 Å². The van der Waals surface area contributed by atoms with Crippen LogP contribution in [0.25, 0.3) is 11.3 Å². The summed E-state index contributed by atoms with van der Waals surface area (Å²) in [4.78, 5) is 17.0. The van der Waals surface area contributed by atoms with E-state index in [4.69, 9.17) is 14.2 Å². The maximum absolute atomic E-state index is 12.5. The Morgan fingerprint density at radius 3 is 2.85 bits per heavy atom. The van der Waals surface area contributed by atoms with E-state index in [0.29, 0.717) is 35.4 Å². The molecule has 0 radical (unpaired) electrons. The molecule has 132 valence electrons. The normalized spacial score (nSPS) is 12.5. The first-order chi connectivity index (χ1) is 12.7. The standard InChI is InChI=1S/C19H16N2O4S/c1-23-14-4-2-3-12(9-14)15-11-26-19(20-15)21-18(22)13-5-6-16-17(10-13)25-8-7-24-16/h2-6,9-11H,7-8H2,1H3,(H,20,21,22). The molecule has 6 nitrogen and oxygen atoms in total. The van der Waals surface area contributed by atoms with Crippen molar-refractivity contribution in [3.63, 3.8) is 0 Å². The van der Waals surface area contributed by atoms with Crippen LogP contribution in [0, 0.1) is 0 Å². The number of carbonyl (C=O) groups is 1. The number of hydrogen-bond acceptors (Lipinski definition) is 6. The quantitative estimate of drug-likeness (QED) is 0.758. The Hall–Kier alpha value is -3.06. The zero-order valence-electron chi connectivity index (χ0n) is 14.0. The molecular formula is C19H16N2O4S. The number of nitrogens with one attached hydrogen (secondary N) is 1. The fourth-order valence-corrected chi connectivity index (χ4v) is 3.31. The Morgan fingerprint density at radius 2 is 2.00 bits per heavy atom. The lowest BCUT2D eigenvalue weighted by molar-refractivity contribution is 0.102. The van der Waals surface area contributed by atoms with E-state index in [-0.39, 0.29) is 5.91 Å². The molecule has 0 unspecified atom stereocenters. The second-order valence-electron chi connectivity index (χ2n) is 5.58. The minimum Gasteiger partial charge on any atom is -0.497 e. The molecule has 2 heterocycles. The molecule has 0 bridgehead atoms. The van der Waals surface area contributed by atoms with Crippen LogP contribution in [0.2, 0.25) is 0 Å². The Labute approximate surface area is 154 Å². The first-order valence-electron chi connectivity index (χ1n) is 8.04. The van der Waals surface area contributed by atoms with E-state index in [2.05, 4.69) is 10.3 Å². The average Bonchev–Trinajstić information content (AvgIpc) is 3.16. The number of nitrogens with zero attached hydrogens (tertiary/aromatic N) is 1. The molecule has 1 aliphatic heterocycles. The molecule has 1 aliphatic rings. The van der Waals surface area contributed by atoms with Gasteiger partial charge >= 0.3 is 0 Å². The average molecular weight is 368 g/mol. The van der Waals surface area contributed by atoms with Crippen molar-refractivity contribution in [1.82, 2.24) is 4.98 Å². The minimum atomic E-state index is -0.242. The predicted octanol–water partition coefficient (Wildman–Crippen LogP) is 3.84. The summed E-state index contributed by atoms with van der Waals surface area (Å²) in [5, 5.41) is 5.25. The van der Waals surface area contributed by atoms with Crippen LogP contribution >= 0.6 is 11.3 Å². The van der Waals surface area contributed by atoms with Crippen molar-refractivity contribution >= 4 is 22.4 Å². The van der Waals surface area contributed by atoms with Crippen LogP contribution in [0.4, 0.5) is 5.13 Å². The van der Waals surface area contributed by atoms with Crippen molar-refractivity contribution < 1.29 is 19.0 Å². The van der Waals surface area contributed by atoms with Crippen LogP contribution in [0.15, 0.2) is 47.8 Å². The topological polar surface area (TPSA) is 69.7 Å². The SMILES string of the molecule is COc1cccc(-c2csc(NC(=O)c3ccc4c(c3)OCCO4)n2)c1. The van der Waals surface area contributed by atoms with Crippen molar-refractivity contribution in [2.24, 2.45) is 0 Å². The molecule has 0 spiro atoms. The fourth-order valence-electron chi connectivity index (χ4n) is 2.60. The van der Waals surface area contributed by atoms with Gasteiger partial charge in [-0.05, 0) is 30.3 Å². The van der Waals surface area contributed by atoms with Gasteiger partial charge in [0.2, 0.25) is 0 Å². The third kappa shape index (κ3) is 3.34. The van der Waals surface area contributed by atoms with Crippen LogP contribution in [0.1, 0.15) is 10.4 Å². The molecule has 7 heteroatoms. The number of methoxy groups -OCH3 is 1. The van der Waals surface area contributed by atoms with Crippen LogP contribution in [-0.2, 0) is 0 Å². The lowest BCUT2D eigenvalue weighted by Crippen LogP contribution is -2.17. The molecule has 3 aromatic rings. The number of thiazole rings is 1. The number of benzene rings is 2. The molecule has 0 aliphatic carbocycles. The maximum atomic E-state index is 12.5. The molecule has 0 saturated carbocycles. The number of amides is 1. The molecule has 0 fully saturated rings. The first-order valence-corrected chi connectivity index (χ1v) is 8.92. The van der Waals surface area contributed by atoms with Crippen molar-refractivity contribution in [3.05, 3.63) is 53.4 Å². The monoisotopic (exact) mass is 368 g/mol. The smallest absolute Gasteiger partial charge is 0.257 e. The van der Waals surface area contributed by atoms with Gasteiger partial charge in [-0.1, -0.05) is 12.1 Å². The molecular weight excluding hydrogens is 352 g/mol.